The zero-order chi connectivity index (χ0) is 33.8. The van der Waals surface area contributed by atoms with Gasteiger partial charge in [-0.15, -0.1) is 0 Å². The van der Waals surface area contributed by atoms with E-state index < -0.39 is 15.3 Å². The Labute approximate surface area is 292 Å². The molecular formula is C39H54ClN3O4S. The second-order valence-electron chi connectivity index (χ2n) is 16.0. The van der Waals surface area contributed by atoms with E-state index in [4.69, 9.17) is 16.3 Å². The highest BCUT2D eigenvalue weighted by Gasteiger charge is 2.52. The minimum absolute atomic E-state index is 0.0857. The van der Waals surface area contributed by atoms with Gasteiger partial charge in [-0.25, -0.2) is 4.21 Å². The summed E-state index contributed by atoms with van der Waals surface area (Å²) in [5.74, 6) is 5.38. The lowest BCUT2D eigenvalue weighted by molar-refractivity contribution is -0.138. The fourth-order valence-electron chi connectivity index (χ4n) is 9.81. The molecule has 2 aromatic carbocycles. The fraction of sp³-hybridized carbons (Fsp3) is 0.641. The molecule has 9 heteroatoms. The predicted octanol–water partition coefficient (Wildman–Crippen LogP) is 6.48. The van der Waals surface area contributed by atoms with Crippen molar-refractivity contribution in [2.75, 3.05) is 44.7 Å². The molecule has 1 saturated carbocycles. The van der Waals surface area contributed by atoms with Crippen molar-refractivity contribution in [2.24, 2.45) is 23.7 Å². The van der Waals surface area contributed by atoms with Gasteiger partial charge >= 0.3 is 0 Å². The maximum absolute atomic E-state index is 13.9. The van der Waals surface area contributed by atoms with E-state index in [0.717, 1.165) is 107 Å². The second kappa shape index (κ2) is 13.1. The van der Waals surface area contributed by atoms with Gasteiger partial charge in [0.25, 0.3) is 5.91 Å². The molecule has 2 aromatic rings. The molecule has 48 heavy (non-hydrogen) atoms. The Kier molecular flexibility index (Phi) is 9.36. The number of carbonyl (C=O) groups excluding carboxylic acids is 1. The first-order valence-corrected chi connectivity index (χ1v) is 20.5. The van der Waals surface area contributed by atoms with Gasteiger partial charge in [-0.3, -0.25) is 9.52 Å². The van der Waals surface area contributed by atoms with Crippen LogP contribution in [0, 0.1) is 23.7 Å². The van der Waals surface area contributed by atoms with Crippen LogP contribution in [0.15, 0.2) is 36.4 Å². The van der Waals surface area contributed by atoms with Crippen LogP contribution in [0.1, 0.15) is 93.1 Å². The fourth-order valence-corrected chi connectivity index (χ4v) is 11.5. The van der Waals surface area contributed by atoms with Crippen LogP contribution in [0.2, 0.25) is 5.02 Å². The number of rotatable bonds is 1. The molecule has 2 aliphatic carbocycles. The van der Waals surface area contributed by atoms with Crippen molar-refractivity contribution in [3.05, 3.63) is 58.1 Å². The Morgan fingerprint density at radius 2 is 1.83 bits per heavy atom. The lowest BCUT2D eigenvalue weighted by atomic mass is 9.58. The van der Waals surface area contributed by atoms with E-state index in [1.165, 1.54) is 11.1 Å². The molecular weight excluding hydrogens is 642 g/mol. The first kappa shape index (κ1) is 34.2. The molecule has 2 fully saturated rings. The third-order valence-electron chi connectivity index (χ3n) is 13.1. The molecule has 1 unspecified atom stereocenters. The number of anilines is 1. The smallest absolute Gasteiger partial charge is 0.262 e. The number of ether oxygens (including phenoxy) is 1. The summed E-state index contributed by atoms with van der Waals surface area (Å²) in [5, 5.41) is 13.4. The topological polar surface area (TPSA) is 82.1 Å². The molecule has 7 atom stereocenters. The number of likely N-dealkylation sites (tertiary alicyclic amines) is 1. The van der Waals surface area contributed by atoms with E-state index in [9.17, 15) is 14.1 Å². The van der Waals surface area contributed by atoms with Gasteiger partial charge in [-0.05, 0) is 156 Å². The number of amides is 1. The van der Waals surface area contributed by atoms with Crippen LogP contribution in [-0.4, -0.2) is 76.7 Å². The number of carbonyl (C=O) groups is 1. The van der Waals surface area contributed by atoms with Gasteiger partial charge in [0.05, 0.1) is 27.6 Å². The molecule has 262 valence electrons. The van der Waals surface area contributed by atoms with Gasteiger partial charge in [-0.2, -0.15) is 0 Å². The van der Waals surface area contributed by atoms with E-state index in [-0.39, 0.29) is 34.3 Å². The maximum atomic E-state index is 13.9. The van der Waals surface area contributed by atoms with Gasteiger partial charge in [0.2, 0.25) is 0 Å². The number of halogens is 1. The SMILES string of the molecule is C=S1(=O)NC(=O)c2ccc3c(c2)N(C[C@@H]2CC[C@H]2[C@@](O)(C2CCN(C)CC2)CCC[C@H](C)[C@H]1C)C[C@@]1(CCCc2cc(Cl)ccc21)CO3. The number of aryl methyl sites for hydroxylation is 1. The van der Waals surface area contributed by atoms with E-state index in [0.29, 0.717) is 18.1 Å². The van der Waals surface area contributed by atoms with Crippen molar-refractivity contribution < 1.29 is 18.8 Å². The molecule has 1 spiro atoms. The highest BCUT2D eigenvalue weighted by Crippen LogP contribution is 2.52. The highest BCUT2D eigenvalue weighted by atomic mass is 35.5. The summed E-state index contributed by atoms with van der Waals surface area (Å²) in [6, 6.07) is 12.0. The number of aliphatic hydroxyl groups is 1. The zero-order valence-electron chi connectivity index (χ0n) is 29.0. The number of nitrogens with zero attached hydrogens (tertiary/aromatic N) is 2. The first-order chi connectivity index (χ1) is 22.9. The van der Waals surface area contributed by atoms with E-state index >= 15 is 0 Å². The Hall–Kier alpha value is -2.26. The van der Waals surface area contributed by atoms with Crippen LogP contribution in [0.3, 0.4) is 0 Å². The van der Waals surface area contributed by atoms with Crippen molar-refractivity contribution in [2.45, 2.75) is 94.3 Å². The van der Waals surface area contributed by atoms with Crippen molar-refractivity contribution in [3.8, 4) is 5.75 Å². The van der Waals surface area contributed by atoms with Crippen LogP contribution in [0.4, 0.5) is 5.69 Å². The molecule has 5 aliphatic rings. The van der Waals surface area contributed by atoms with Gasteiger partial charge in [0.1, 0.15) is 5.75 Å². The summed E-state index contributed by atoms with van der Waals surface area (Å²) in [7, 11) is -0.739. The Balaban J connectivity index is 1.30. The van der Waals surface area contributed by atoms with Gasteiger partial charge in [-0.1, -0.05) is 31.0 Å². The normalized spacial score (nSPS) is 36.6. The highest BCUT2D eigenvalue weighted by molar-refractivity contribution is 7.99. The summed E-state index contributed by atoms with van der Waals surface area (Å²) < 4.78 is 23.5. The van der Waals surface area contributed by atoms with Crippen molar-refractivity contribution in [1.82, 2.24) is 9.62 Å². The molecule has 2 N–H and O–H groups in total. The van der Waals surface area contributed by atoms with Crippen molar-refractivity contribution in [1.29, 1.82) is 0 Å². The monoisotopic (exact) mass is 695 g/mol. The number of benzene rings is 2. The molecule has 3 aliphatic heterocycles. The number of hydrogen-bond donors (Lipinski definition) is 2. The van der Waals surface area contributed by atoms with E-state index in [1.807, 2.05) is 25.1 Å². The third-order valence-corrected chi connectivity index (χ3v) is 15.6. The lowest BCUT2D eigenvalue weighted by Crippen LogP contribution is -2.57. The predicted molar refractivity (Wildman–Crippen MR) is 197 cm³/mol. The van der Waals surface area contributed by atoms with Crippen LogP contribution >= 0.6 is 11.6 Å². The van der Waals surface area contributed by atoms with Crippen molar-refractivity contribution >= 4 is 38.8 Å². The van der Waals surface area contributed by atoms with Gasteiger partial charge < -0.3 is 19.6 Å². The summed E-state index contributed by atoms with van der Waals surface area (Å²) in [6.07, 6.45) is 9.70. The Bertz CT molecular complexity index is 1640. The largest absolute Gasteiger partial charge is 0.490 e. The quantitative estimate of drug-likeness (QED) is 0.333. The molecule has 1 amide bonds. The lowest BCUT2D eigenvalue weighted by Gasteiger charge is -2.54. The van der Waals surface area contributed by atoms with Gasteiger partial charge in [0.15, 0.2) is 0 Å². The third kappa shape index (κ3) is 6.29. The molecule has 1 saturated heterocycles. The summed E-state index contributed by atoms with van der Waals surface area (Å²) in [6.45, 7) is 8.19. The van der Waals surface area contributed by atoms with Crippen LogP contribution in [0.25, 0.3) is 0 Å². The zero-order valence-corrected chi connectivity index (χ0v) is 30.6. The number of hydrogen-bond acceptors (Lipinski definition) is 6. The summed E-state index contributed by atoms with van der Waals surface area (Å²) in [4.78, 5) is 18.6. The first-order valence-electron chi connectivity index (χ1n) is 18.3. The standard InChI is InChI=1S/C39H54ClN3O4S/c1-26-7-5-18-39(45,31-15-19-42(3)20-16-31)34-12-9-30(34)23-43-24-38(17-6-8-28-21-32(40)11-13-33(28)38)25-47-36-14-10-29(22-35(36)43)37(44)41-48(4,46)27(26)2/h10-11,13-14,21-22,26-27,30-31,34,45H,4-9,12,15-20,23-25H2,1-3H3,(H,41,44,46)/t26-,27+,30-,34+,38-,39-,48?/m0/s1. The van der Waals surface area contributed by atoms with Crippen LogP contribution in [-0.2, 0) is 21.5 Å². The number of nitrogens with one attached hydrogen (secondary N) is 1. The average molecular weight is 696 g/mol. The minimum Gasteiger partial charge on any atom is -0.490 e. The van der Waals surface area contributed by atoms with Crippen LogP contribution in [0.5, 0.6) is 5.75 Å². The molecule has 0 aromatic heterocycles. The molecule has 2 bridgehead atoms. The average Bonchev–Trinajstić information content (AvgIpc) is 3.19. The van der Waals surface area contributed by atoms with Gasteiger partial charge in [0, 0.05) is 34.3 Å². The van der Waals surface area contributed by atoms with Crippen LogP contribution < -0.4 is 14.4 Å². The summed E-state index contributed by atoms with van der Waals surface area (Å²) in [5.41, 5.74) is 3.01. The molecule has 7 rings (SSSR count). The second-order valence-corrected chi connectivity index (χ2v) is 18.9. The van der Waals surface area contributed by atoms with Crippen molar-refractivity contribution in [3.63, 3.8) is 0 Å². The van der Waals surface area contributed by atoms with E-state index in [2.05, 4.69) is 46.5 Å². The number of piperidine rings is 1. The summed E-state index contributed by atoms with van der Waals surface area (Å²) >= 11 is 6.48. The molecule has 7 nitrogen and oxygen atoms in total. The Morgan fingerprint density at radius 3 is 2.58 bits per heavy atom. The minimum atomic E-state index is -2.92. The molecule has 0 radical (unpaired) electrons. The maximum Gasteiger partial charge on any atom is 0.262 e. The van der Waals surface area contributed by atoms with E-state index in [1.54, 1.807) is 6.07 Å². The molecule has 3 heterocycles. The number of fused-ring (bicyclic) bond motifs is 4. The Morgan fingerprint density at radius 1 is 1.04 bits per heavy atom.